The summed E-state index contributed by atoms with van der Waals surface area (Å²) in [6, 6.07) is 9.96. The van der Waals surface area contributed by atoms with Crippen LogP contribution >= 0.6 is 11.3 Å². The van der Waals surface area contributed by atoms with Gasteiger partial charge in [0.05, 0.1) is 22.9 Å². The number of aromatic nitrogens is 3. The maximum absolute atomic E-state index is 4.31. The largest absolute Gasteiger partial charge is 0.310 e. The fourth-order valence-electron chi connectivity index (χ4n) is 1.78. The molecule has 0 radical (unpaired) electrons. The summed E-state index contributed by atoms with van der Waals surface area (Å²) in [7, 11) is 0. The van der Waals surface area contributed by atoms with E-state index >= 15 is 0 Å². The highest BCUT2D eigenvalue weighted by Gasteiger charge is 2.13. The van der Waals surface area contributed by atoms with Gasteiger partial charge in [0.15, 0.2) is 6.17 Å². The van der Waals surface area contributed by atoms with Gasteiger partial charge in [0.2, 0.25) is 0 Å². The predicted octanol–water partition coefficient (Wildman–Crippen LogP) is 2.51. The minimum atomic E-state index is -0.0926. The van der Waals surface area contributed by atoms with E-state index < -0.39 is 0 Å². The lowest BCUT2D eigenvalue weighted by Crippen LogP contribution is -2.21. The van der Waals surface area contributed by atoms with Gasteiger partial charge in [-0.2, -0.15) is 5.10 Å². The summed E-state index contributed by atoms with van der Waals surface area (Å²) in [5.74, 6) is 0. The van der Waals surface area contributed by atoms with E-state index in [0.717, 1.165) is 10.4 Å². The molecule has 0 bridgehead atoms. The number of nitrogens with one attached hydrogen (secondary N) is 1. The van der Waals surface area contributed by atoms with E-state index in [-0.39, 0.29) is 6.17 Å². The fourth-order valence-corrected chi connectivity index (χ4v) is 2.45. The molecule has 1 atom stereocenters. The van der Waals surface area contributed by atoms with Crippen LogP contribution in [0, 0.1) is 0 Å². The molecule has 1 aromatic carbocycles. The summed E-state index contributed by atoms with van der Waals surface area (Å²) in [4.78, 5) is 9.26. The van der Waals surface area contributed by atoms with Crippen molar-refractivity contribution in [1.29, 1.82) is 0 Å². The quantitative estimate of drug-likeness (QED) is 0.578. The standard InChI is InChI=1S/C14H13N5S/c1-2-4-12(5-3-1)8-17-18-14(13-9-16-11-20-13)19-7-6-15-10-19/h1-11,14,18H. The summed E-state index contributed by atoms with van der Waals surface area (Å²) in [6.07, 6.45) is 8.94. The molecule has 0 saturated heterocycles. The van der Waals surface area contributed by atoms with Crippen LogP contribution in [0.3, 0.4) is 0 Å². The number of rotatable bonds is 5. The van der Waals surface area contributed by atoms with E-state index in [0.29, 0.717) is 0 Å². The Morgan fingerprint density at radius 2 is 2.15 bits per heavy atom. The Labute approximate surface area is 120 Å². The van der Waals surface area contributed by atoms with Gasteiger partial charge in [-0.3, -0.25) is 10.4 Å². The Bertz CT molecular complexity index is 612. The van der Waals surface area contributed by atoms with Crippen LogP contribution < -0.4 is 5.43 Å². The lowest BCUT2D eigenvalue weighted by atomic mass is 10.2. The average molecular weight is 283 g/mol. The van der Waals surface area contributed by atoms with Crippen molar-refractivity contribution in [1.82, 2.24) is 20.0 Å². The van der Waals surface area contributed by atoms with Crippen LogP contribution in [0.1, 0.15) is 16.6 Å². The van der Waals surface area contributed by atoms with Crippen molar-refractivity contribution in [3.8, 4) is 0 Å². The second kappa shape index (κ2) is 6.12. The van der Waals surface area contributed by atoms with Crippen molar-refractivity contribution in [3.05, 3.63) is 71.2 Å². The van der Waals surface area contributed by atoms with E-state index in [9.17, 15) is 0 Å². The van der Waals surface area contributed by atoms with Crippen molar-refractivity contribution in [2.45, 2.75) is 6.17 Å². The lowest BCUT2D eigenvalue weighted by molar-refractivity contribution is 0.491. The maximum atomic E-state index is 4.31. The van der Waals surface area contributed by atoms with Gasteiger partial charge in [-0.1, -0.05) is 30.3 Å². The Morgan fingerprint density at radius 3 is 2.85 bits per heavy atom. The first-order valence-corrected chi connectivity index (χ1v) is 7.01. The molecule has 100 valence electrons. The summed E-state index contributed by atoms with van der Waals surface area (Å²) in [5, 5.41) is 4.31. The van der Waals surface area contributed by atoms with Crippen molar-refractivity contribution < 1.29 is 0 Å². The van der Waals surface area contributed by atoms with Crippen molar-refractivity contribution >= 4 is 17.6 Å². The average Bonchev–Trinajstić information content (AvgIpc) is 3.18. The van der Waals surface area contributed by atoms with Gasteiger partial charge in [0.25, 0.3) is 0 Å². The smallest absolute Gasteiger partial charge is 0.156 e. The molecule has 5 nitrogen and oxygen atoms in total. The first-order chi connectivity index (χ1) is 9.93. The molecule has 0 saturated carbocycles. The van der Waals surface area contributed by atoms with Crippen molar-refractivity contribution in [3.63, 3.8) is 0 Å². The van der Waals surface area contributed by atoms with Gasteiger partial charge in [0.1, 0.15) is 0 Å². The third-order valence-corrected chi connectivity index (χ3v) is 3.58. The van der Waals surface area contributed by atoms with Gasteiger partial charge in [-0.05, 0) is 5.56 Å². The highest BCUT2D eigenvalue weighted by atomic mass is 32.1. The monoisotopic (exact) mass is 283 g/mol. The lowest BCUT2D eigenvalue weighted by Gasteiger charge is -2.15. The number of imidazole rings is 1. The number of thiazole rings is 1. The number of hydrazone groups is 1. The van der Waals surface area contributed by atoms with E-state index in [4.69, 9.17) is 0 Å². The summed E-state index contributed by atoms with van der Waals surface area (Å²) in [6.45, 7) is 0. The van der Waals surface area contributed by atoms with E-state index in [1.54, 1.807) is 30.1 Å². The highest BCUT2D eigenvalue weighted by Crippen LogP contribution is 2.18. The normalized spacial score (nSPS) is 12.6. The molecule has 2 aromatic heterocycles. The molecular formula is C14H13N5S. The van der Waals surface area contributed by atoms with E-state index in [1.807, 2.05) is 52.8 Å². The van der Waals surface area contributed by atoms with Crippen molar-refractivity contribution in [2.75, 3.05) is 0 Å². The Kier molecular flexibility index (Phi) is 3.84. The van der Waals surface area contributed by atoms with Crippen LogP contribution in [0.2, 0.25) is 0 Å². The molecule has 0 aliphatic carbocycles. The van der Waals surface area contributed by atoms with Gasteiger partial charge in [-0.25, -0.2) is 4.98 Å². The van der Waals surface area contributed by atoms with Crippen molar-refractivity contribution in [2.24, 2.45) is 5.10 Å². The third-order valence-electron chi connectivity index (χ3n) is 2.75. The summed E-state index contributed by atoms with van der Waals surface area (Å²) in [5.41, 5.74) is 5.99. The number of hydrogen-bond donors (Lipinski definition) is 1. The zero-order valence-corrected chi connectivity index (χ0v) is 11.4. The first kappa shape index (κ1) is 12.6. The molecule has 0 aliphatic rings. The van der Waals surface area contributed by atoms with E-state index in [1.165, 1.54) is 0 Å². The molecule has 0 spiro atoms. The molecule has 3 rings (SSSR count). The minimum absolute atomic E-state index is 0.0926. The second-order valence-electron chi connectivity index (χ2n) is 4.11. The summed E-state index contributed by atoms with van der Waals surface area (Å²) >= 11 is 1.58. The molecule has 20 heavy (non-hydrogen) atoms. The SMILES string of the molecule is C(=NNC(c1cncs1)n1ccnc1)c1ccccc1. The number of benzene rings is 1. The molecule has 2 heterocycles. The van der Waals surface area contributed by atoms with Crippen LogP contribution in [0.5, 0.6) is 0 Å². The maximum Gasteiger partial charge on any atom is 0.156 e. The molecule has 0 aliphatic heterocycles. The first-order valence-electron chi connectivity index (χ1n) is 6.13. The third kappa shape index (κ3) is 2.92. The van der Waals surface area contributed by atoms with Crippen LogP contribution in [0.4, 0.5) is 0 Å². The number of hydrogen-bond acceptors (Lipinski definition) is 5. The molecule has 1 unspecified atom stereocenters. The summed E-state index contributed by atoms with van der Waals surface area (Å²) < 4.78 is 1.95. The second-order valence-corrected chi connectivity index (χ2v) is 5.03. The molecule has 0 fully saturated rings. The molecular weight excluding hydrogens is 270 g/mol. The Morgan fingerprint density at radius 1 is 1.25 bits per heavy atom. The minimum Gasteiger partial charge on any atom is -0.310 e. The molecule has 3 aromatic rings. The predicted molar refractivity (Wildman–Crippen MR) is 79.7 cm³/mol. The molecule has 0 amide bonds. The van der Waals surface area contributed by atoms with Crippen LogP contribution in [-0.4, -0.2) is 20.7 Å². The van der Waals surface area contributed by atoms with Crippen LogP contribution in [-0.2, 0) is 0 Å². The Hall–Kier alpha value is -2.47. The van der Waals surface area contributed by atoms with Gasteiger partial charge in [-0.15, -0.1) is 11.3 Å². The zero-order valence-electron chi connectivity index (χ0n) is 10.6. The molecule has 1 N–H and O–H groups in total. The Balaban J connectivity index is 1.76. The van der Waals surface area contributed by atoms with Crippen LogP contribution in [0.15, 0.2) is 65.9 Å². The van der Waals surface area contributed by atoms with Gasteiger partial charge >= 0.3 is 0 Å². The highest BCUT2D eigenvalue weighted by molar-refractivity contribution is 7.09. The zero-order chi connectivity index (χ0) is 13.6. The molecule has 6 heteroatoms. The van der Waals surface area contributed by atoms with E-state index in [2.05, 4.69) is 20.5 Å². The van der Waals surface area contributed by atoms with Gasteiger partial charge in [0, 0.05) is 18.6 Å². The fraction of sp³-hybridized carbons (Fsp3) is 0.0714. The van der Waals surface area contributed by atoms with Gasteiger partial charge < -0.3 is 4.57 Å². The van der Waals surface area contributed by atoms with Crippen LogP contribution in [0.25, 0.3) is 0 Å². The topological polar surface area (TPSA) is 55.1 Å². The number of nitrogens with zero attached hydrogens (tertiary/aromatic N) is 4.